The minimum atomic E-state index is -0.447. The third kappa shape index (κ3) is 2.17. The first kappa shape index (κ1) is 12.4. The normalized spacial score (nSPS) is 19.2. The molecule has 2 atom stereocenters. The lowest BCUT2D eigenvalue weighted by Gasteiger charge is -2.21. The molecule has 0 spiro atoms. The summed E-state index contributed by atoms with van der Waals surface area (Å²) in [5, 5.41) is 10.7. The fraction of sp³-hybridized carbons (Fsp3) is 0.353. The smallest absolute Gasteiger partial charge is 0.0876 e. The Morgan fingerprint density at radius 3 is 2.89 bits per heavy atom. The van der Waals surface area contributed by atoms with Gasteiger partial charge in [-0.25, -0.2) is 0 Å². The van der Waals surface area contributed by atoms with Crippen molar-refractivity contribution in [1.82, 2.24) is 4.98 Å². The van der Waals surface area contributed by atoms with E-state index in [4.69, 9.17) is 0 Å². The predicted octanol–water partition coefficient (Wildman–Crippen LogP) is 3.46. The molecule has 0 amide bonds. The quantitative estimate of drug-likeness (QED) is 0.889. The van der Waals surface area contributed by atoms with E-state index < -0.39 is 6.10 Å². The van der Waals surface area contributed by atoms with Crippen LogP contribution < -0.4 is 0 Å². The Labute approximate surface area is 114 Å². The number of hydrogen-bond donors (Lipinski definition) is 1. The van der Waals surface area contributed by atoms with E-state index in [9.17, 15) is 5.11 Å². The maximum Gasteiger partial charge on any atom is 0.0876 e. The van der Waals surface area contributed by atoms with Crippen molar-refractivity contribution in [2.75, 3.05) is 0 Å². The number of aryl methyl sites for hydroxylation is 3. The van der Waals surface area contributed by atoms with Crippen molar-refractivity contribution in [3.63, 3.8) is 0 Å². The summed E-state index contributed by atoms with van der Waals surface area (Å²) in [6.07, 6.45) is 3.39. The monoisotopic (exact) mass is 253 g/mol. The molecule has 1 N–H and O–H groups in total. The Bertz CT molecular complexity index is 606. The molecule has 1 aromatic heterocycles. The summed E-state index contributed by atoms with van der Waals surface area (Å²) < 4.78 is 0. The summed E-state index contributed by atoms with van der Waals surface area (Å²) in [6.45, 7) is 4.15. The van der Waals surface area contributed by atoms with Gasteiger partial charge < -0.3 is 5.11 Å². The largest absolute Gasteiger partial charge is 0.388 e. The van der Waals surface area contributed by atoms with Gasteiger partial charge in [-0.2, -0.15) is 0 Å². The van der Waals surface area contributed by atoms with Crippen LogP contribution in [0, 0.1) is 13.8 Å². The van der Waals surface area contributed by atoms with Gasteiger partial charge >= 0.3 is 0 Å². The predicted molar refractivity (Wildman–Crippen MR) is 76.2 cm³/mol. The van der Waals surface area contributed by atoms with Crippen LogP contribution in [0.15, 0.2) is 36.5 Å². The lowest BCUT2D eigenvalue weighted by Crippen LogP contribution is -2.10. The van der Waals surface area contributed by atoms with E-state index in [1.54, 1.807) is 0 Å². The molecule has 0 bridgehead atoms. The molecule has 0 radical (unpaired) electrons. The molecule has 19 heavy (non-hydrogen) atoms. The van der Waals surface area contributed by atoms with Gasteiger partial charge in [0.1, 0.15) is 0 Å². The van der Waals surface area contributed by atoms with Crippen LogP contribution in [0.3, 0.4) is 0 Å². The molecule has 0 fully saturated rings. The number of rotatable bonds is 2. The summed E-state index contributed by atoms with van der Waals surface area (Å²) in [7, 11) is 0. The van der Waals surface area contributed by atoms with Gasteiger partial charge in [0.05, 0.1) is 6.10 Å². The van der Waals surface area contributed by atoms with Crippen LogP contribution in [0.25, 0.3) is 0 Å². The molecule has 2 unspecified atom stereocenters. The summed E-state index contributed by atoms with van der Waals surface area (Å²) in [6, 6.07) is 10.4. The van der Waals surface area contributed by atoms with Gasteiger partial charge in [-0.05, 0) is 49.4 Å². The Kier molecular flexibility index (Phi) is 3.11. The van der Waals surface area contributed by atoms with Crippen molar-refractivity contribution in [2.45, 2.75) is 38.7 Å². The molecule has 3 rings (SSSR count). The van der Waals surface area contributed by atoms with Crippen molar-refractivity contribution in [1.29, 1.82) is 0 Å². The van der Waals surface area contributed by atoms with Crippen molar-refractivity contribution in [3.05, 3.63) is 64.5 Å². The summed E-state index contributed by atoms with van der Waals surface area (Å²) in [4.78, 5) is 4.47. The van der Waals surface area contributed by atoms with Crippen LogP contribution >= 0.6 is 0 Å². The molecule has 2 nitrogen and oxygen atoms in total. The van der Waals surface area contributed by atoms with Gasteiger partial charge in [0.15, 0.2) is 0 Å². The van der Waals surface area contributed by atoms with E-state index in [2.05, 4.69) is 43.1 Å². The number of fused-ring (bicyclic) bond motifs is 1. The first-order valence-corrected chi connectivity index (χ1v) is 6.86. The molecular formula is C17H19NO. The van der Waals surface area contributed by atoms with Crippen molar-refractivity contribution >= 4 is 0 Å². The highest BCUT2D eigenvalue weighted by Crippen LogP contribution is 2.41. The molecule has 2 heteroatoms. The van der Waals surface area contributed by atoms with Crippen molar-refractivity contribution in [2.24, 2.45) is 0 Å². The number of nitrogens with zero attached hydrogens (tertiary/aromatic N) is 1. The Balaban J connectivity index is 1.95. The fourth-order valence-electron chi connectivity index (χ4n) is 3.13. The molecular weight excluding hydrogens is 234 g/mol. The lowest BCUT2D eigenvalue weighted by molar-refractivity contribution is 0.142. The van der Waals surface area contributed by atoms with Crippen LogP contribution in [0.1, 0.15) is 46.4 Å². The molecule has 98 valence electrons. The fourth-order valence-corrected chi connectivity index (χ4v) is 3.13. The van der Waals surface area contributed by atoms with Gasteiger partial charge in [0.25, 0.3) is 0 Å². The van der Waals surface area contributed by atoms with E-state index >= 15 is 0 Å². The first-order chi connectivity index (χ1) is 9.16. The second-order valence-electron chi connectivity index (χ2n) is 5.50. The number of aromatic nitrogens is 1. The Morgan fingerprint density at radius 2 is 2.11 bits per heavy atom. The zero-order chi connectivity index (χ0) is 13.4. The summed E-state index contributed by atoms with van der Waals surface area (Å²) in [5.74, 6) is 0.137. The van der Waals surface area contributed by atoms with E-state index in [1.165, 1.54) is 11.1 Å². The lowest BCUT2D eigenvalue weighted by atomic mass is 9.90. The molecule has 2 aromatic rings. The Morgan fingerprint density at radius 1 is 1.26 bits per heavy atom. The molecule has 0 aliphatic heterocycles. The number of aliphatic hydroxyl groups excluding tert-OH is 1. The van der Waals surface area contributed by atoms with Crippen LogP contribution in [0.2, 0.25) is 0 Å². The van der Waals surface area contributed by atoms with Gasteiger partial charge in [-0.15, -0.1) is 0 Å². The number of hydrogen-bond acceptors (Lipinski definition) is 2. The molecule has 1 heterocycles. The van der Waals surface area contributed by atoms with Crippen molar-refractivity contribution in [3.8, 4) is 0 Å². The topological polar surface area (TPSA) is 33.1 Å². The second kappa shape index (κ2) is 4.78. The van der Waals surface area contributed by atoms with E-state index in [-0.39, 0.29) is 5.92 Å². The van der Waals surface area contributed by atoms with Crippen LogP contribution in [-0.2, 0) is 6.42 Å². The summed E-state index contributed by atoms with van der Waals surface area (Å²) >= 11 is 0. The van der Waals surface area contributed by atoms with Crippen LogP contribution in [0.4, 0.5) is 0 Å². The average molecular weight is 253 g/mol. The van der Waals surface area contributed by atoms with E-state index in [0.29, 0.717) is 0 Å². The highest BCUT2D eigenvalue weighted by Gasteiger charge is 2.31. The average Bonchev–Trinajstić information content (AvgIpc) is 2.82. The van der Waals surface area contributed by atoms with Crippen molar-refractivity contribution < 1.29 is 5.11 Å². The minimum Gasteiger partial charge on any atom is -0.388 e. The minimum absolute atomic E-state index is 0.137. The highest BCUT2D eigenvalue weighted by molar-refractivity contribution is 5.37. The number of benzene rings is 1. The molecule has 0 saturated carbocycles. The maximum atomic E-state index is 10.7. The van der Waals surface area contributed by atoms with E-state index in [0.717, 1.165) is 29.7 Å². The third-order valence-corrected chi connectivity index (χ3v) is 4.13. The standard InChI is InChI=1S/C17H19NO/c1-11-5-7-14(12(2)10-11)17(19)15-8-6-13-4-3-9-18-16(13)15/h3-5,7,9-10,15,17,19H,6,8H2,1-2H3. The van der Waals surface area contributed by atoms with Crippen LogP contribution in [-0.4, -0.2) is 10.1 Å². The zero-order valence-electron chi connectivity index (χ0n) is 11.4. The van der Waals surface area contributed by atoms with Gasteiger partial charge in [-0.1, -0.05) is 29.8 Å². The third-order valence-electron chi connectivity index (χ3n) is 4.13. The molecule has 1 aromatic carbocycles. The van der Waals surface area contributed by atoms with Crippen LogP contribution in [0.5, 0.6) is 0 Å². The van der Waals surface area contributed by atoms with Gasteiger partial charge in [0.2, 0.25) is 0 Å². The summed E-state index contributed by atoms with van der Waals surface area (Å²) in [5.41, 5.74) is 5.80. The first-order valence-electron chi connectivity index (χ1n) is 6.86. The number of pyridine rings is 1. The van der Waals surface area contributed by atoms with E-state index in [1.807, 2.05) is 12.3 Å². The second-order valence-corrected chi connectivity index (χ2v) is 5.50. The zero-order valence-corrected chi connectivity index (χ0v) is 11.4. The molecule has 0 saturated heterocycles. The van der Waals surface area contributed by atoms with Gasteiger partial charge in [-0.3, -0.25) is 4.98 Å². The highest BCUT2D eigenvalue weighted by atomic mass is 16.3. The number of aliphatic hydroxyl groups is 1. The van der Waals surface area contributed by atoms with Gasteiger partial charge in [0, 0.05) is 17.8 Å². The Hall–Kier alpha value is -1.67. The molecule has 1 aliphatic rings. The SMILES string of the molecule is Cc1ccc(C(O)C2CCc3cccnc32)c(C)c1. The molecule has 1 aliphatic carbocycles. The maximum absolute atomic E-state index is 10.7.